The molecule has 2 heterocycles. The number of hydrogen-bond donors (Lipinski definition) is 2. The molecule has 0 bridgehead atoms. The molecule has 32 heavy (non-hydrogen) atoms. The van der Waals surface area contributed by atoms with Crippen molar-refractivity contribution in [3.05, 3.63) is 53.6 Å². The number of ether oxygens (including phenoxy) is 3. The second-order valence-electron chi connectivity index (χ2n) is 8.08. The fourth-order valence-corrected chi connectivity index (χ4v) is 4.58. The van der Waals surface area contributed by atoms with Crippen LogP contribution >= 0.6 is 0 Å². The quantitative estimate of drug-likeness (QED) is 0.651. The molecular weight excluding hydrogens is 412 g/mol. The van der Waals surface area contributed by atoms with Crippen LogP contribution in [0.3, 0.4) is 0 Å². The van der Waals surface area contributed by atoms with E-state index in [0.717, 1.165) is 17.5 Å². The van der Waals surface area contributed by atoms with Crippen LogP contribution in [-0.2, 0) is 9.59 Å². The van der Waals surface area contributed by atoms with Crippen LogP contribution in [0.4, 0.5) is 0 Å². The van der Waals surface area contributed by atoms with Crippen molar-refractivity contribution in [1.82, 2.24) is 10.2 Å². The van der Waals surface area contributed by atoms with Gasteiger partial charge in [-0.05, 0) is 41.8 Å². The molecular formula is C24H28N2O6. The molecule has 0 aliphatic carbocycles. The third kappa shape index (κ3) is 4.36. The van der Waals surface area contributed by atoms with Gasteiger partial charge in [0.2, 0.25) is 12.7 Å². The molecule has 1 fully saturated rings. The minimum atomic E-state index is -0.898. The molecule has 170 valence electrons. The molecule has 4 rings (SSSR count). The van der Waals surface area contributed by atoms with Crippen molar-refractivity contribution in [2.75, 3.05) is 33.5 Å². The highest BCUT2D eigenvalue weighted by molar-refractivity contribution is 5.79. The minimum absolute atomic E-state index is 0.110. The van der Waals surface area contributed by atoms with Crippen LogP contribution in [0.15, 0.2) is 42.5 Å². The molecule has 2 aliphatic rings. The maximum Gasteiger partial charge on any atom is 0.309 e. The highest BCUT2D eigenvalue weighted by atomic mass is 16.7. The van der Waals surface area contributed by atoms with Gasteiger partial charge in [-0.1, -0.05) is 25.1 Å². The molecule has 3 atom stereocenters. The Morgan fingerprint density at radius 3 is 2.53 bits per heavy atom. The first-order chi connectivity index (χ1) is 15.5. The number of aliphatic carboxylic acids is 1. The molecule has 0 radical (unpaired) electrons. The summed E-state index contributed by atoms with van der Waals surface area (Å²) in [5, 5.41) is 13.2. The number of carboxylic acids is 1. The first kappa shape index (κ1) is 22.0. The fourth-order valence-electron chi connectivity index (χ4n) is 4.58. The van der Waals surface area contributed by atoms with Crippen LogP contribution < -0.4 is 19.5 Å². The Morgan fingerprint density at radius 1 is 1.12 bits per heavy atom. The summed E-state index contributed by atoms with van der Waals surface area (Å²) in [4.78, 5) is 27.0. The maximum atomic E-state index is 12.6. The summed E-state index contributed by atoms with van der Waals surface area (Å²) in [6, 6.07) is 12.5. The van der Waals surface area contributed by atoms with Crippen LogP contribution in [-0.4, -0.2) is 55.4 Å². The van der Waals surface area contributed by atoms with Crippen molar-refractivity contribution in [3.8, 4) is 17.2 Å². The lowest BCUT2D eigenvalue weighted by Gasteiger charge is -2.27. The van der Waals surface area contributed by atoms with E-state index in [0.29, 0.717) is 30.3 Å². The number of carbonyl (C=O) groups excluding carboxylic acids is 1. The lowest BCUT2D eigenvalue weighted by atomic mass is 9.82. The molecule has 0 aromatic heterocycles. The lowest BCUT2D eigenvalue weighted by Crippen LogP contribution is -2.38. The number of nitrogens with one attached hydrogen (secondary N) is 1. The van der Waals surface area contributed by atoms with Crippen LogP contribution in [0.25, 0.3) is 0 Å². The summed E-state index contributed by atoms with van der Waals surface area (Å²) in [5.41, 5.74) is 1.70. The normalized spacial score (nSPS) is 22.0. The standard InChI is InChI=1S/C24H28N2O6/c1-3-10-25-21(27)13-26-12-18(16-6-9-19-20(11-16)32-14-31-19)22(24(28)29)23(26)15-4-7-17(30-2)8-5-15/h4-9,11,18,22-23H,3,10,12-14H2,1-2H3,(H,25,27)(H,28,29)/t18-,22-,23+/m1/s1. The van der Waals surface area contributed by atoms with Crippen molar-refractivity contribution in [2.24, 2.45) is 5.92 Å². The Kier molecular flexibility index (Phi) is 6.50. The fraction of sp³-hybridized carbons (Fsp3) is 0.417. The zero-order chi connectivity index (χ0) is 22.7. The van der Waals surface area contributed by atoms with Gasteiger partial charge >= 0.3 is 5.97 Å². The van der Waals surface area contributed by atoms with Crippen LogP contribution in [0.5, 0.6) is 17.2 Å². The first-order valence-electron chi connectivity index (χ1n) is 10.8. The Labute approximate surface area is 187 Å². The Morgan fingerprint density at radius 2 is 1.84 bits per heavy atom. The molecule has 0 spiro atoms. The molecule has 8 heteroatoms. The van der Waals surface area contributed by atoms with Gasteiger partial charge in [-0.2, -0.15) is 0 Å². The van der Waals surface area contributed by atoms with Gasteiger partial charge in [0.1, 0.15) is 5.75 Å². The van der Waals surface area contributed by atoms with E-state index in [4.69, 9.17) is 14.2 Å². The van der Waals surface area contributed by atoms with Gasteiger partial charge in [-0.25, -0.2) is 0 Å². The van der Waals surface area contributed by atoms with Gasteiger partial charge in [-0.15, -0.1) is 0 Å². The number of carboxylic acid groups (broad SMARTS) is 1. The van der Waals surface area contributed by atoms with Gasteiger partial charge in [0, 0.05) is 25.0 Å². The highest BCUT2D eigenvalue weighted by Gasteiger charge is 2.48. The van der Waals surface area contributed by atoms with Gasteiger partial charge in [-0.3, -0.25) is 14.5 Å². The van der Waals surface area contributed by atoms with Crippen LogP contribution in [0.1, 0.15) is 36.4 Å². The Balaban J connectivity index is 1.69. The number of fused-ring (bicyclic) bond motifs is 1. The predicted molar refractivity (Wildman–Crippen MR) is 117 cm³/mol. The van der Waals surface area contributed by atoms with Gasteiger partial charge in [0.05, 0.1) is 19.6 Å². The number of nitrogens with zero attached hydrogens (tertiary/aromatic N) is 1. The van der Waals surface area contributed by atoms with E-state index < -0.39 is 17.9 Å². The van der Waals surface area contributed by atoms with E-state index in [9.17, 15) is 14.7 Å². The van der Waals surface area contributed by atoms with Crippen LogP contribution in [0, 0.1) is 5.92 Å². The highest BCUT2D eigenvalue weighted by Crippen LogP contribution is 2.47. The molecule has 0 saturated carbocycles. The van der Waals surface area contributed by atoms with E-state index >= 15 is 0 Å². The molecule has 1 saturated heterocycles. The van der Waals surface area contributed by atoms with Gasteiger partial charge < -0.3 is 24.6 Å². The predicted octanol–water partition coefficient (Wildman–Crippen LogP) is 2.79. The molecule has 2 aliphatic heterocycles. The first-order valence-corrected chi connectivity index (χ1v) is 10.8. The summed E-state index contributed by atoms with van der Waals surface area (Å²) in [6.07, 6.45) is 0.839. The van der Waals surface area contributed by atoms with E-state index in [1.165, 1.54) is 0 Å². The smallest absolute Gasteiger partial charge is 0.309 e. The molecule has 2 aromatic rings. The topological polar surface area (TPSA) is 97.3 Å². The zero-order valence-corrected chi connectivity index (χ0v) is 18.2. The number of likely N-dealkylation sites (tertiary alicyclic amines) is 1. The van der Waals surface area contributed by atoms with E-state index in [1.807, 2.05) is 54.3 Å². The minimum Gasteiger partial charge on any atom is -0.497 e. The molecule has 0 unspecified atom stereocenters. The van der Waals surface area contributed by atoms with E-state index in [-0.39, 0.29) is 25.2 Å². The van der Waals surface area contributed by atoms with Crippen molar-refractivity contribution < 1.29 is 28.9 Å². The Bertz CT molecular complexity index is 977. The lowest BCUT2D eigenvalue weighted by molar-refractivity contribution is -0.143. The summed E-state index contributed by atoms with van der Waals surface area (Å²) in [7, 11) is 1.59. The third-order valence-electron chi connectivity index (χ3n) is 6.08. The second kappa shape index (κ2) is 9.48. The van der Waals surface area contributed by atoms with Crippen molar-refractivity contribution in [3.63, 3.8) is 0 Å². The van der Waals surface area contributed by atoms with Crippen molar-refractivity contribution in [2.45, 2.75) is 25.3 Å². The largest absolute Gasteiger partial charge is 0.497 e. The monoisotopic (exact) mass is 440 g/mol. The molecule has 8 nitrogen and oxygen atoms in total. The van der Waals surface area contributed by atoms with E-state index in [2.05, 4.69) is 5.32 Å². The number of hydrogen-bond acceptors (Lipinski definition) is 6. The molecule has 1 amide bonds. The summed E-state index contributed by atoms with van der Waals surface area (Å²) in [6.45, 7) is 3.30. The summed E-state index contributed by atoms with van der Waals surface area (Å²) < 4.78 is 16.2. The maximum absolute atomic E-state index is 12.6. The van der Waals surface area contributed by atoms with Crippen molar-refractivity contribution in [1.29, 1.82) is 0 Å². The second-order valence-corrected chi connectivity index (χ2v) is 8.08. The van der Waals surface area contributed by atoms with Gasteiger partial charge in [0.15, 0.2) is 11.5 Å². The van der Waals surface area contributed by atoms with Crippen molar-refractivity contribution >= 4 is 11.9 Å². The number of carbonyl (C=O) groups is 2. The van der Waals surface area contributed by atoms with E-state index in [1.54, 1.807) is 7.11 Å². The number of benzene rings is 2. The van der Waals surface area contributed by atoms with Gasteiger partial charge in [0.25, 0.3) is 0 Å². The average Bonchev–Trinajstić information content (AvgIpc) is 3.42. The average molecular weight is 440 g/mol. The summed E-state index contributed by atoms with van der Waals surface area (Å²) >= 11 is 0. The SMILES string of the molecule is CCCNC(=O)CN1C[C@H](c2ccc3c(c2)OCO3)[C@@H](C(=O)O)[C@@H]1c1ccc(OC)cc1. The van der Waals surface area contributed by atoms with Crippen LogP contribution in [0.2, 0.25) is 0 Å². The number of amides is 1. The number of methoxy groups -OCH3 is 1. The zero-order valence-electron chi connectivity index (χ0n) is 18.2. The summed E-state index contributed by atoms with van der Waals surface area (Å²) in [5.74, 6) is -0.0901. The Hall–Kier alpha value is -3.26. The molecule has 2 aromatic carbocycles. The third-order valence-corrected chi connectivity index (χ3v) is 6.08. The number of rotatable bonds is 8. The molecule has 2 N–H and O–H groups in total.